The molecule has 1 aliphatic heterocycles. The first-order chi connectivity index (χ1) is 9.30. The molecule has 0 aromatic heterocycles. The van der Waals surface area contributed by atoms with Gasteiger partial charge in [-0.15, -0.1) is 0 Å². The Labute approximate surface area is 126 Å². The minimum absolute atomic E-state index is 0.114. The maximum atomic E-state index is 9.61. The molecule has 0 bridgehead atoms. The van der Waals surface area contributed by atoms with Crippen molar-refractivity contribution in [1.82, 2.24) is 10.2 Å². The SMILES string of the molecule is CCCNC(C)(CO)CCN1CCC(C(C)(C)C)CC1. The van der Waals surface area contributed by atoms with Crippen LogP contribution >= 0.6 is 0 Å². The lowest BCUT2D eigenvalue weighted by Crippen LogP contribution is -2.49. The van der Waals surface area contributed by atoms with Gasteiger partial charge in [0.05, 0.1) is 6.61 Å². The first-order valence-corrected chi connectivity index (χ1v) is 8.39. The highest BCUT2D eigenvalue weighted by Gasteiger charge is 2.30. The number of aliphatic hydroxyl groups excluding tert-OH is 1. The molecule has 0 spiro atoms. The average Bonchev–Trinajstić information content (AvgIpc) is 2.42. The van der Waals surface area contributed by atoms with Gasteiger partial charge in [0.1, 0.15) is 0 Å². The Balaban J connectivity index is 2.33. The van der Waals surface area contributed by atoms with Crippen LogP contribution in [0.25, 0.3) is 0 Å². The second-order valence-electron chi connectivity index (χ2n) is 7.88. The van der Waals surface area contributed by atoms with E-state index in [1.165, 1.54) is 25.9 Å². The van der Waals surface area contributed by atoms with Gasteiger partial charge < -0.3 is 15.3 Å². The summed E-state index contributed by atoms with van der Waals surface area (Å²) in [6.45, 7) is 16.2. The molecule has 1 fully saturated rings. The number of hydrogen-bond donors (Lipinski definition) is 2. The summed E-state index contributed by atoms with van der Waals surface area (Å²) in [7, 11) is 0. The normalized spacial score (nSPS) is 21.9. The van der Waals surface area contributed by atoms with E-state index in [9.17, 15) is 5.11 Å². The maximum absolute atomic E-state index is 9.61. The third-order valence-corrected chi connectivity index (χ3v) is 4.94. The summed E-state index contributed by atoms with van der Waals surface area (Å²) < 4.78 is 0. The summed E-state index contributed by atoms with van der Waals surface area (Å²) in [6.07, 6.45) is 4.79. The van der Waals surface area contributed by atoms with E-state index >= 15 is 0 Å². The van der Waals surface area contributed by atoms with Crippen molar-refractivity contribution in [3.8, 4) is 0 Å². The fraction of sp³-hybridized carbons (Fsp3) is 1.00. The quantitative estimate of drug-likeness (QED) is 0.754. The van der Waals surface area contributed by atoms with Crippen LogP contribution in [0.1, 0.15) is 60.3 Å². The summed E-state index contributed by atoms with van der Waals surface area (Å²) in [5.41, 5.74) is 0.339. The summed E-state index contributed by atoms with van der Waals surface area (Å²) in [4.78, 5) is 2.57. The molecular formula is C17H36N2O. The molecule has 0 aromatic rings. The third-order valence-electron chi connectivity index (χ3n) is 4.94. The second kappa shape index (κ2) is 7.77. The summed E-state index contributed by atoms with van der Waals surface area (Å²) >= 11 is 0. The zero-order valence-electron chi connectivity index (χ0n) is 14.3. The van der Waals surface area contributed by atoms with Crippen LogP contribution in [-0.4, -0.2) is 48.3 Å². The molecule has 2 N–H and O–H groups in total. The lowest BCUT2D eigenvalue weighted by Gasteiger charge is -2.40. The van der Waals surface area contributed by atoms with Crippen LogP contribution in [0.4, 0.5) is 0 Å². The standard InChI is InChI=1S/C17H36N2O/c1-6-10-18-17(5,14-20)9-13-19-11-7-15(8-12-19)16(2,3)4/h15,18,20H,6-14H2,1-5H3. The Morgan fingerprint density at radius 2 is 1.75 bits per heavy atom. The summed E-state index contributed by atoms with van der Waals surface area (Å²) in [5.74, 6) is 0.862. The molecular weight excluding hydrogens is 248 g/mol. The highest BCUT2D eigenvalue weighted by atomic mass is 16.3. The molecule has 1 rings (SSSR count). The smallest absolute Gasteiger partial charge is 0.0611 e. The van der Waals surface area contributed by atoms with Gasteiger partial charge in [-0.05, 0) is 70.1 Å². The van der Waals surface area contributed by atoms with E-state index in [0.717, 1.165) is 31.8 Å². The van der Waals surface area contributed by atoms with E-state index in [0.29, 0.717) is 5.41 Å². The Morgan fingerprint density at radius 1 is 1.15 bits per heavy atom. The molecule has 0 aliphatic carbocycles. The number of piperidine rings is 1. The Morgan fingerprint density at radius 3 is 2.20 bits per heavy atom. The van der Waals surface area contributed by atoms with Crippen molar-refractivity contribution in [1.29, 1.82) is 0 Å². The number of nitrogens with one attached hydrogen (secondary N) is 1. The molecule has 1 saturated heterocycles. The predicted molar refractivity (Wildman–Crippen MR) is 87.0 cm³/mol. The zero-order chi connectivity index (χ0) is 15.2. The van der Waals surface area contributed by atoms with Crippen molar-refractivity contribution in [3.63, 3.8) is 0 Å². The number of hydrogen-bond acceptors (Lipinski definition) is 3. The zero-order valence-corrected chi connectivity index (χ0v) is 14.3. The topological polar surface area (TPSA) is 35.5 Å². The number of rotatable bonds is 7. The van der Waals surface area contributed by atoms with Gasteiger partial charge in [0.2, 0.25) is 0 Å². The highest BCUT2D eigenvalue weighted by molar-refractivity contribution is 4.85. The molecule has 0 saturated carbocycles. The van der Waals surface area contributed by atoms with E-state index < -0.39 is 0 Å². The lowest BCUT2D eigenvalue weighted by molar-refractivity contribution is 0.0944. The van der Waals surface area contributed by atoms with Gasteiger partial charge in [0.25, 0.3) is 0 Å². The van der Waals surface area contributed by atoms with Crippen molar-refractivity contribution >= 4 is 0 Å². The van der Waals surface area contributed by atoms with Crippen LogP contribution in [0, 0.1) is 11.3 Å². The van der Waals surface area contributed by atoms with Crippen LogP contribution < -0.4 is 5.32 Å². The van der Waals surface area contributed by atoms with Gasteiger partial charge in [-0.3, -0.25) is 0 Å². The van der Waals surface area contributed by atoms with Crippen molar-refractivity contribution in [3.05, 3.63) is 0 Å². The molecule has 0 aromatic carbocycles. The number of nitrogens with zero attached hydrogens (tertiary/aromatic N) is 1. The van der Waals surface area contributed by atoms with E-state index in [1.54, 1.807) is 0 Å². The Kier molecular flexibility index (Phi) is 6.96. The van der Waals surface area contributed by atoms with Crippen LogP contribution in [0.5, 0.6) is 0 Å². The lowest BCUT2D eigenvalue weighted by atomic mass is 9.75. The molecule has 1 heterocycles. The molecule has 3 heteroatoms. The Hall–Kier alpha value is -0.120. The fourth-order valence-electron chi connectivity index (χ4n) is 3.08. The van der Waals surface area contributed by atoms with Gasteiger partial charge in [-0.25, -0.2) is 0 Å². The van der Waals surface area contributed by atoms with Gasteiger partial charge in [-0.2, -0.15) is 0 Å². The molecule has 1 unspecified atom stereocenters. The fourth-order valence-corrected chi connectivity index (χ4v) is 3.08. The molecule has 1 atom stereocenters. The molecule has 1 aliphatic rings. The molecule has 0 amide bonds. The van der Waals surface area contributed by atoms with Gasteiger partial charge >= 0.3 is 0 Å². The van der Waals surface area contributed by atoms with E-state index in [-0.39, 0.29) is 12.1 Å². The second-order valence-corrected chi connectivity index (χ2v) is 7.88. The minimum Gasteiger partial charge on any atom is -0.394 e. The van der Waals surface area contributed by atoms with Crippen LogP contribution in [0.2, 0.25) is 0 Å². The molecule has 3 nitrogen and oxygen atoms in total. The first kappa shape index (κ1) is 17.9. The number of aliphatic hydroxyl groups is 1. The molecule has 0 radical (unpaired) electrons. The van der Waals surface area contributed by atoms with Crippen molar-refractivity contribution in [2.45, 2.75) is 65.8 Å². The van der Waals surface area contributed by atoms with E-state index in [2.05, 4.69) is 44.8 Å². The Bertz CT molecular complexity index is 267. The van der Waals surface area contributed by atoms with E-state index in [1.807, 2.05) is 0 Å². The van der Waals surface area contributed by atoms with Crippen molar-refractivity contribution in [2.75, 3.05) is 32.8 Å². The maximum Gasteiger partial charge on any atom is 0.0611 e. The minimum atomic E-state index is -0.114. The average molecular weight is 284 g/mol. The highest BCUT2D eigenvalue weighted by Crippen LogP contribution is 2.34. The van der Waals surface area contributed by atoms with Crippen LogP contribution in [0.3, 0.4) is 0 Å². The van der Waals surface area contributed by atoms with Crippen molar-refractivity contribution < 1.29 is 5.11 Å². The number of likely N-dealkylation sites (tertiary alicyclic amines) is 1. The molecule has 20 heavy (non-hydrogen) atoms. The predicted octanol–water partition coefficient (Wildman–Crippen LogP) is 2.89. The third kappa shape index (κ3) is 5.71. The van der Waals surface area contributed by atoms with Crippen LogP contribution in [0.15, 0.2) is 0 Å². The van der Waals surface area contributed by atoms with Gasteiger partial charge in [-0.1, -0.05) is 27.7 Å². The molecule has 120 valence electrons. The van der Waals surface area contributed by atoms with Gasteiger partial charge in [0.15, 0.2) is 0 Å². The first-order valence-electron chi connectivity index (χ1n) is 8.39. The van der Waals surface area contributed by atoms with Crippen molar-refractivity contribution in [2.24, 2.45) is 11.3 Å². The monoisotopic (exact) mass is 284 g/mol. The van der Waals surface area contributed by atoms with E-state index in [4.69, 9.17) is 0 Å². The largest absolute Gasteiger partial charge is 0.394 e. The van der Waals surface area contributed by atoms with Gasteiger partial charge in [0, 0.05) is 5.54 Å². The summed E-state index contributed by atoms with van der Waals surface area (Å²) in [5, 5.41) is 13.1. The van der Waals surface area contributed by atoms with Crippen LogP contribution in [-0.2, 0) is 0 Å². The summed E-state index contributed by atoms with van der Waals surface area (Å²) in [6, 6.07) is 0.